The van der Waals surface area contributed by atoms with Crippen molar-refractivity contribution in [2.24, 2.45) is 0 Å². The molecule has 2 atom stereocenters. The van der Waals surface area contributed by atoms with E-state index in [2.05, 4.69) is 12.2 Å². The van der Waals surface area contributed by atoms with Crippen LogP contribution in [-0.4, -0.2) is 37.2 Å². The predicted octanol–water partition coefficient (Wildman–Crippen LogP) is 0.219. The highest BCUT2D eigenvalue weighted by molar-refractivity contribution is 5.93. The number of carbonyl (C=O) groups is 2. The van der Waals surface area contributed by atoms with Crippen molar-refractivity contribution in [3.8, 4) is 0 Å². The SMILES string of the molecule is CCCCc1ccc(NC(=O)C[C@@H]([NH2+]C[C@H]2CCCO2)C(=O)[O-])cc1. The van der Waals surface area contributed by atoms with Crippen molar-refractivity contribution in [1.29, 1.82) is 0 Å². The fraction of sp³-hybridized carbons (Fsp3) is 0.579. The molecule has 6 heteroatoms. The summed E-state index contributed by atoms with van der Waals surface area (Å²) in [4.78, 5) is 23.4. The van der Waals surface area contributed by atoms with Gasteiger partial charge in [-0.1, -0.05) is 25.5 Å². The number of anilines is 1. The second kappa shape index (κ2) is 10.2. The van der Waals surface area contributed by atoms with Crippen molar-refractivity contribution >= 4 is 17.6 Å². The van der Waals surface area contributed by atoms with E-state index in [0.29, 0.717) is 12.2 Å². The molecule has 6 nitrogen and oxygen atoms in total. The van der Waals surface area contributed by atoms with Crippen molar-refractivity contribution in [2.75, 3.05) is 18.5 Å². The van der Waals surface area contributed by atoms with Crippen LogP contribution in [0.25, 0.3) is 0 Å². The number of ether oxygens (including phenoxy) is 1. The minimum Gasteiger partial charge on any atom is -0.544 e. The lowest BCUT2D eigenvalue weighted by Crippen LogP contribution is -2.94. The van der Waals surface area contributed by atoms with Gasteiger partial charge in [0.25, 0.3) is 0 Å². The molecule has 1 saturated heterocycles. The fourth-order valence-electron chi connectivity index (χ4n) is 2.96. The standard InChI is InChI=1S/C19H28N2O4/c1-2-3-5-14-7-9-15(10-8-14)21-18(22)12-17(19(23)24)20-13-16-6-4-11-25-16/h7-10,16-17,20H,2-6,11-13H2,1H3,(H,21,22)(H,23,24)/t16-,17-/m1/s1. The van der Waals surface area contributed by atoms with Crippen molar-refractivity contribution in [2.45, 2.75) is 57.6 Å². The van der Waals surface area contributed by atoms with Gasteiger partial charge in [0.15, 0.2) is 0 Å². The van der Waals surface area contributed by atoms with Gasteiger partial charge in [-0.3, -0.25) is 4.79 Å². The Morgan fingerprint density at radius 1 is 1.36 bits per heavy atom. The first-order chi connectivity index (χ1) is 12.1. The number of quaternary nitrogens is 1. The third-order valence-electron chi connectivity index (χ3n) is 4.47. The van der Waals surface area contributed by atoms with Crippen LogP contribution in [0, 0.1) is 0 Å². The van der Waals surface area contributed by atoms with Gasteiger partial charge >= 0.3 is 0 Å². The van der Waals surface area contributed by atoms with Gasteiger partial charge < -0.3 is 25.3 Å². The molecule has 0 bridgehead atoms. The van der Waals surface area contributed by atoms with Gasteiger partial charge in [0.1, 0.15) is 18.7 Å². The number of amides is 1. The van der Waals surface area contributed by atoms with Crippen LogP contribution in [0.4, 0.5) is 5.69 Å². The van der Waals surface area contributed by atoms with Crippen molar-refractivity contribution in [3.63, 3.8) is 0 Å². The van der Waals surface area contributed by atoms with Gasteiger partial charge in [-0.05, 0) is 43.4 Å². The number of carbonyl (C=O) groups excluding carboxylic acids is 2. The van der Waals surface area contributed by atoms with E-state index in [1.807, 2.05) is 24.3 Å². The Morgan fingerprint density at radius 3 is 2.72 bits per heavy atom. The van der Waals surface area contributed by atoms with Gasteiger partial charge in [0, 0.05) is 12.3 Å². The maximum absolute atomic E-state index is 12.1. The fourth-order valence-corrected chi connectivity index (χ4v) is 2.96. The molecule has 1 aromatic rings. The van der Waals surface area contributed by atoms with Crippen molar-refractivity contribution < 1.29 is 24.7 Å². The molecule has 0 aromatic heterocycles. The largest absolute Gasteiger partial charge is 0.544 e. The molecular formula is C19H28N2O4. The number of hydrogen-bond acceptors (Lipinski definition) is 4. The first-order valence-electron chi connectivity index (χ1n) is 9.13. The van der Waals surface area contributed by atoms with E-state index in [4.69, 9.17) is 4.74 Å². The molecule has 2 rings (SSSR count). The molecule has 0 unspecified atom stereocenters. The van der Waals surface area contributed by atoms with Crippen LogP contribution in [0.1, 0.15) is 44.6 Å². The predicted molar refractivity (Wildman–Crippen MR) is 92.9 cm³/mol. The second-order valence-corrected chi connectivity index (χ2v) is 6.58. The maximum atomic E-state index is 12.1. The molecule has 0 spiro atoms. The third kappa shape index (κ3) is 6.84. The van der Waals surface area contributed by atoms with Crippen LogP contribution < -0.4 is 15.7 Å². The highest BCUT2D eigenvalue weighted by Crippen LogP contribution is 2.12. The number of rotatable bonds is 10. The van der Waals surface area contributed by atoms with Crippen LogP contribution in [0.15, 0.2) is 24.3 Å². The summed E-state index contributed by atoms with van der Waals surface area (Å²) in [5, 5.41) is 15.7. The average molecular weight is 348 g/mol. The topological polar surface area (TPSA) is 95.1 Å². The monoisotopic (exact) mass is 348 g/mol. The first-order valence-corrected chi connectivity index (χ1v) is 9.13. The number of aliphatic carboxylic acids is 1. The average Bonchev–Trinajstić information content (AvgIpc) is 3.11. The minimum atomic E-state index is -1.22. The number of hydrogen-bond donors (Lipinski definition) is 2. The van der Waals surface area contributed by atoms with E-state index in [1.54, 1.807) is 5.32 Å². The molecule has 0 radical (unpaired) electrons. The third-order valence-corrected chi connectivity index (χ3v) is 4.47. The highest BCUT2D eigenvalue weighted by Gasteiger charge is 2.23. The van der Waals surface area contributed by atoms with Gasteiger partial charge in [0.2, 0.25) is 5.91 Å². The number of benzene rings is 1. The summed E-state index contributed by atoms with van der Waals surface area (Å²) in [6.07, 6.45) is 5.20. The van der Waals surface area contributed by atoms with Crippen molar-refractivity contribution in [1.82, 2.24) is 0 Å². The van der Waals surface area contributed by atoms with Crippen molar-refractivity contribution in [3.05, 3.63) is 29.8 Å². The molecule has 25 heavy (non-hydrogen) atoms. The zero-order valence-electron chi connectivity index (χ0n) is 14.8. The number of carboxylic acid groups (broad SMARTS) is 1. The molecule has 1 amide bonds. The summed E-state index contributed by atoms with van der Waals surface area (Å²) in [7, 11) is 0. The summed E-state index contributed by atoms with van der Waals surface area (Å²) >= 11 is 0. The zero-order chi connectivity index (χ0) is 18.1. The Labute approximate surface area is 149 Å². The lowest BCUT2D eigenvalue weighted by molar-refractivity contribution is -0.687. The maximum Gasteiger partial charge on any atom is 0.230 e. The van der Waals surface area contributed by atoms with Crippen LogP contribution >= 0.6 is 0 Å². The summed E-state index contributed by atoms with van der Waals surface area (Å²) in [6, 6.07) is 6.80. The zero-order valence-corrected chi connectivity index (χ0v) is 14.8. The number of aryl methyl sites for hydroxylation is 1. The summed E-state index contributed by atoms with van der Waals surface area (Å²) in [5.74, 6) is -1.54. The summed E-state index contributed by atoms with van der Waals surface area (Å²) in [6.45, 7) is 3.42. The molecule has 1 fully saturated rings. The van der Waals surface area contributed by atoms with E-state index >= 15 is 0 Å². The van der Waals surface area contributed by atoms with Gasteiger partial charge in [0.05, 0.1) is 12.4 Å². The molecule has 0 saturated carbocycles. The van der Waals surface area contributed by atoms with Crippen LogP contribution in [0.3, 0.4) is 0 Å². The van der Waals surface area contributed by atoms with Gasteiger partial charge in [-0.25, -0.2) is 0 Å². The number of nitrogens with one attached hydrogen (secondary N) is 1. The van der Waals surface area contributed by atoms with E-state index in [-0.39, 0.29) is 18.4 Å². The Morgan fingerprint density at radius 2 is 2.12 bits per heavy atom. The molecule has 1 heterocycles. The van der Waals surface area contributed by atoms with Crippen LogP contribution in [0.5, 0.6) is 0 Å². The lowest BCUT2D eigenvalue weighted by atomic mass is 10.1. The first kappa shape index (κ1) is 19.4. The van der Waals surface area contributed by atoms with E-state index in [0.717, 1.165) is 38.7 Å². The van der Waals surface area contributed by atoms with Crippen LogP contribution in [-0.2, 0) is 20.7 Å². The Bertz CT molecular complexity index is 553. The molecule has 1 aliphatic rings. The number of nitrogens with two attached hydrogens (primary N) is 1. The lowest BCUT2D eigenvalue weighted by Gasteiger charge is -2.18. The Kier molecular flexibility index (Phi) is 7.88. The molecule has 3 N–H and O–H groups in total. The molecule has 138 valence electrons. The number of unbranched alkanes of at least 4 members (excludes halogenated alkanes) is 1. The smallest absolute Gasteiger partial charge is 0.230 e. The molecule has 0 aliphatic carbocycles. The summed E-state index contributed by atoms with van der Waals surface area (Å²) < 4.78 is 5.48. The minimum absolute atomic E-state index is 0.0700. The molecule has 1 aromatic carbocycles. The molecule has 1 aliphatic heterocycles. The van der Waals surface area contributed by atoms with Gasteiger partial charge in [-0.2, -0.15) is 0 Å². The quantitative estimate of drug-likeness (QED) is 0.632. The van der Waals surface area contributed by atoms with Crippen LogP contribution in [0.2, 0.25) is 0 Å². The van der Waals surface area contributed by atoms with E-state index in [9.17, 15) is 14.7 Å². The van der Waals surface area contributed by atoms with E-state index in [1.165, 1.54) is 5.56 Å². The second-order valence-electron chi connectivity index (χ2n) is 6.58. The summed E-state index contributed by atoms with van der Waals surface area (Å²) in [5.41, 5.74) is 1.92. The Balaban J connectivity index is 1.80. The normalized spacial score (nSPS) is 18.0. The van der Waals surface area contributed by atoms with Gasteiger partial charge in [-0.15, -0.1) is 0 Å². The highest BCUT2D eigenvalue weighted by atomic mass is 16.5. The number of carboxylic acids is 1. The Hall–Kier alpha value is -1.92. The van der Waals surface area contributed by atoms with E-state index < -0.39 is 12.0 Å². The molecular weight excluding hydrogens is 320 g/mol.